The molecular weight excluding hydrogens is 390 g/mol. The fourth-order valence-electron chi connectivity index (χ4n) is 3.19. The molecule has 0 saturated heterocycles. The Morgan fingerprint density at radius 1 is 1.21 bits per heavy atom. The van der Waals surface area contributed by atoms with E-state index in [0.29, 0.717) is 30.0 Å². The van der Waals surface area contributed by atoms with Gasteiger partial charge in [-0.15, -0.1) is 10.2 Å². The van der Waals surface area contributed by atoms with Crippen LogP contribution in [0.3, 0.4) is 0 Å². The molecule has 0 spiro atoms. The molecule has 154 valence electrons. The van der Waals surface area contributed by atoms with Gasteiger partial charge in [-0.25, -0.2) is 9.59 Å². The van der Waals surface area contributed by atoms with Crippen molar-refractivity contribution in [1.29, 1.82) is 0 Å². The molecule has 0 saturated carbocycles. The summed E-state index contributed by atoms with van der Waals surface area (Å²) in [6.45, 7) is 6.69. The summed E-state index contributed by atoms with van der Waals surface area (Å²) in [7, 11) is 0. The summed E-state index contributed by atoms with van der Waals surface area (Å²) in [4.78, 5) is 24.5. The second-order valence-electron chi connectivity index (χ2n) is 6.38. The average Bonchev–Trinajstić information content (AvgIpc) is 3.15. The van der Waals surface area contributed by atoms with Crippen molar-refractivity contribution in [2.75, 3.05) is 12.4 Å². The number of thioether (sulfide) groups is 1. The number of nitrogens with zero attached hydrogens (tertiary/aromatic N) is 3. The molecule has 0 fully saturated rings. The summed E-state index contributed by atoms with van der Waals surface area (Å²) >= 11 is 1.43. The first kappa shape index (κ1) is 20.9. The fraction of sp³-hybridized carbons (Fsp3) is 0.400. The number of benzene rings is 1. The van der Waals surface area contributed by atoms with Crippen molar-refractivity contribution in [2.45, 2.75) is 44.9 Å². The van der Waals surface area contributed by atoms with Crippen LogP contribution in [0.15, 0.2) is 46.8 Å². The standard InChI is InChI=1S/C20H25N5O3S/c1-4-14-16(18(26)28-6-3)15(22-19(27)21-14)12-29-20-24-23-17(25(20)5-2)13-10-8-7-9-11-13/h7-11,14H,4-6,12H2,1-3H3,(H2,21,22,27)/t14-/m1/s1. The van der Waals surface area contributed by atoms with Crippen LogP contribution in [0.4, 0.5) is 4.79 Å². The number of nitrogens with one attached hydrogen (secondary N) is 2. The average molecular weight is 416 g/mol. The zero-order valence-corrected chi connectivity index (χ0v) is 17.6. The third kappa shape index (κ3) is 4.61. The summed E-state index contributed by atoms with van der Waals surface area (Å²) in [6, 6.07) is 9.17. The number of carbonyl (C=O) groups excluding carboxylic acids is 2. The van der Waals surface area contributed by atoms with Crippen LogP contribution < -0.4 is 10.6 Å². The van der Waals surface area contributed by atoms with Crippen molar-refractivity contribution in [2.24, 2.45) is 0 Å². The molecule has 2 heterocycles. The quantitative estimate of drug-likeness (QED) is 0.508. The third-order valence-electron chi connectivity index (χ3n) is 4.56. The van der Waals surface area contributed by atoms with E-state index in [1.54, 1.807) is 6.92 Å². The highest BCUT2D eigenvalue weighted by Crippen LogP contribution is 2.27. The molecule has 1 aliphatic heterocycles. The van der Waals surface area contributed by atoms with Gasteiger partial charge in [0, 0.05) is 23.6 Å². The second-order valence-corrected chi connectivity index (χ2v) is 7.32. The highest BCUT2D eigenvalue weighted by Gasteiger charge is 2.31. The van der Waals surface area contributed by atoms with Gasteiger partial charge < -0.3 is 19.9 Å². The minimum atomic E-state index is -0.413. The van der Waals surface area contributed by atoms with Crippen LogP contribution in [0.5, 0.6) is 0 Å². The molecule has 3 rings (SSSR count). The van der Waals surface area contributed by atoms with Crippen LogP contribution in [-0.4, -0.2) is 45.2 Å². The van der Waals surface area contributed by atoms with E-state index in [9.17, 15) is 9.59 Å². The van der Waals surface area contributed by atoms with Gasteiger partial charge in [0.25, 0.3) is 0 Å². The Hall–Kier alpha value is -2.81. The molecule has 2 N–H and O–H groups in total. The van der Waals surface area contributed by atoms with E-state index in [1.807, 2.05) is 48.7 Å². The summed E-state index contributed by atoms with van der Waals surface area (Å²) in [5, 5.41) is 14.9. The lowest BCUT2D eigenvalue weighted by Crippen LogP contribution is -2.50. The fourth-order valence-corrected chi connectivity index (χ4v) is 4.16. The molecule has 1 atom stereocenters. The molecule has 0 bridgehead atoms. The van der Waals surface area contributed by atoms with Crippen LogP contribution in [0.1, 0.15) is 27.2 Å². The molecule has 9 heteroatoms. The number of amides is 2. The molecule has 29 heavy (non-hydrogen) atoms. The maximum Gasteiger partial charge on any atom is 0.337 e. The van der Waals surface area contributed by atoms with Crippen molar-refractivity contribution in [3.8, 4) is 11.4 Å². The maximum atomic E-state index is 12.5. The minimum absolute atomic E-state index is 0.276. The normalized spacial score (nSPS) is 16.4. The molecule has 1 aromatic carbocycles. The number of hydrogen-bond donors (Lipinski definition) is 2. The monoisotopic (exact) mass is 415 g/mol. The SMILES string of the molecule is CCOC(=O)C1=C(CSc2nnc(-c3ccccc3)n2CC)NC(=O)N[C@@H]1CC. The first-order valence-electron chi connectivity index (χ1n) is 9.68. The van der Waals surface area contributed by atoms with Gasteiger partial charge in [-0.2, -0.15) is 0 Å². The lowest BCUT2D eigenvalue weighted by atomic mass is 10.0. The Morgan fingerprint density at radius 3 is 2.62 bits per heavy atom. The molecule has 0 aliphatic carbocycles. The van der Waals surface area contributed by atoms with Gasteiger partial charge in [-0.1, -0.05) is 49.0 Å². The van der Waals surface area contributed by atoms with Gasteiger partial charge >= 0.3 is 12.0 Å². The molecule has 0 radical (unpaired) electrons. The van der Waals surface area contributed by atoms with Crippen molar-refractivity contribution < 1.29 is 14.3 Å². The summed E-state index contributed by atoms with van der Waals surface area (Å²) < 4.78 is 7.23. The molecule has 1 aliphatic rings. The predicted molar refractivity (Wildman–Crippen MR) is 111 cm³/mol. The van der Waals surface area contributed by atoms with Gasteiger partial charge in [0.15, 0.2) is 11.0 Å². The maximum absolute atomic E-state index is 12.5. The van der Waals surface area contributed by atoms with Crippen LogP contribution in [0, 0.1) is 0 Å². The minimum Gasteiger partial charge on any atom is -0.463 e. The second kappa shape index (κ2) is 9.60. The van der Waals surface area contributed by atoms with Gasteiger partial charge in [-0.3, -0.25) is 0 Å². The van der Waals surface area contributed by atoms with Gasteiger partial charge in [0.1, 0.15) is 0 Å². The molecule has 8 nitrogen and oxygen atoms in total. The zero-order chi connectivity index (χ0) is 20.8. The Kier molecular flexibility index (Phi) is 6.92. The van der Waals surface area contributed by atoms with Crippen LogP contribution in [0.2, 0.25) is 0 Å². The van der Waals surface area contributed by atoms with E-state index < -0.39 is 5.97 Å². The number of ether oxygens (including phenoxy) is 1. The van der Waals surface area contributed by atoms with E-state index >= 15 is 0 Å². The number of aromatic nitrogens is 3. The predicted octanol–water partition coefficient (Wildman–Crippen LogP) is 2.97. The molecule has 1 aromatic heterocycles. The lowest BCUT2D eigenvalue weighted by molar-refractivity contribution is -0.139. The Balaban J connectivity index is 1.87. The number of carbonyl (C=O) groups is 2. The van der Waals surface area contributed by atoms with E-state index in [1.165, 1.54) is 11.8 Å². The summed E-state index contributed by atoms with van der Waals surface area (Å²) in [5.41, 5.74) is 2.00. The third-order valence-corrected chi connectivity index (χ3v) is 5.55. The molecule has 2 aromatic rings. The summed E-state index contributed by atoms with van der Waals surface area (Å²) in [5.74, 6) is 0.755. The van der Waals surface area contributed by atoms with Gasteiger partial charge in [-0.05, 0) is 20.3 Å². The van der Waals surface area contributed by atoms with Crippen molar-refractivity contribution >= 4 is 23.8 Å². The van der Waals surface area contributed by atoms with Crippen molar-refractivity contribution in [3.05, 3.63) is 41.6 Å². The van der Waals surface area contributed by atoms with Gasteiger partial charge in [0.2, 0.25) is 0 Å². The molecular formula is C20H25N5O3S. The van der Waals surface area contributed by atoms with E-state index in [4.69, 9.17) is 4.74 Å². The van der Waals surface area contributed by atoms with E-state index in [0.717, 1.165) is 16.5 Å². The van der Waals surface area contributed by atoms with Crippen molar-refractivity contribution in [1.82, 2.24) is 25.4 Å². The summed E-state index contributed by atoms with van der Waals surface area (Å²) in [6.07, 6.45) is 0.596. The number of urea groups is 1. The number of hydrogen-bond acceptors (Lipinski definition) is 6. The molecule has 2 amide bonds. The van der Waals surface area contributed by atoms with Gasteiger partial charge in [0.05, 0.1) is 18.2 Å². The Bertz CT molecular complexity index is 910. The highest BCUT2D eigenvalue weighted by molar-refractivity contribution is 7.99. The first-order chi connectivity index (χ1) is 14.1. The van der Waals surface area contributed by atoms with Crippen LogP contribution >= 0.6 is 11.8 Å². The smallest absolute Gasteiger partial charge is 0.337 e. The Labute approximate surface area is 174 Å². The Morgan fingerprint density at radius 2 is 1.97 bits per heavy atom. The zero-order valence-electron chi connectivity index (χ0n) is 16.8. The first-order valence-corrected chi connectivity index (χ1v) is 10.7. The number of rotatable bonds is 8. The molecule has 0 unspecified atom stereocenters. The van der Waals surface area contributed by atoms with Crippen molar-refractivity contribution in [3.63, 3.8) is 0 Å². The van der Waals surface area contributed by atoms with E-state index in [2.05, 4.69) is 20.8 Å². The lowest BCUT2D eigenvalue weighted by Gasteiger charge is -2.28. The van der Waals surface area contributed by atoms with Crippen LogP contribution in [-0.2, 0) is 16.1 Å². The topological polar surface area (TPSA) is 98.1 Å². The number of esters is 1. The van der Waals surface area contributed by atoms with E-state index in [-0.39, 0.29) is 18.7 Å². The largest absolute Gasteiger partial charge is 0.463 e. The van der Waals surface area contributed by atoms with Crippen LogP contribution in [0.25, 0.3) is 11.4 Å². The highest BCUT2D eigenvalue weighted by atomic mass is 32.2.